The maximum Gasteiger partial charge on any atom is 0.0579 e. The highest BCUT2D eigenvalue weighted by atomic mass is 32.2. The van der Waals surface area contributed by atoms with Gasteiger partial charge in [-0.2, -0.15) is 11.8 Å². The molecule has 0 aromatic heterocycles. The van der Waals surface area contributed by atoms with Crippen molar-refractivity contribution in [2.45, 2.75) is 24.3 Å². The number of rotatable bonds is 3. The van der Waals surface area contributed by atoms with Crippen LogP contribution in [0.1, 0.15) is 13.8 Å². The Labute approximate surface area is 96.2 Å². The van der Waals surface area contributed by atoms with Gasteiger partial charge in [-0.1, -0.05) is 13.8 Å². The van der Waals surface area contributed by atoms with Gasteiger partial charge >= 0.3 is 0 Å². The molecule has 3 nitrogen and oxygen atoms in total. The summed E-state index contributed by atoms with van der Waals surface area (Å²) in [6.07, 6.45) is 0. The molecule has 15 heavy (non-hydrogen) atoms. The second-order valence-corrected chi connectivity index (χ2v) is 6.98. The lowest BCUT2D eigenvalue weighted by Gasteiger charge is -2.45. The molecule has 0 amide bonds. The van der Waals surface area contributed by atoms with Crippen LogP contribution < -0.4 is 0 Å². The first kappa shape index (κ1) is 11.7. The molecule has 88 valence electrons. The Morgan fingerprint density at radius 3 is 2.33 bits per heavy atom. The molecule has 2 atom stereocenters. The van der Waals surface area contributed by atoms with Crippen molar-refractivity contribution in [1.82, 2.24) is 4.90 Å². The van der Waals surface area contributed by atoms with Gasteiger partial charge in [-0.3, -0.25) is 0 Å². The maximum atomic E-state index is 9.39. The summed E-state index contributed by atoms with van der Waals surface area (Å²) in [5, 5.41) is 10.8. The molecular formula is C11H21NO2S. The smallest absolute Gasteiger partial charge is 0.0579 e. The van der Waals surface area contributed by atoms with E-state index in [1.165, 1.54) is 0 Å². The molecule has 2 fully saturated rings. The Balaban J connectivity index is 1.87. The average molecular weight is 231 g/mol. The largest absolute Gasteiger partial charge is 0.396 e. The van der Waals surface area contributed by atoms with E-state index in [1.807, 2.05) is 0 Å². The molecule has 2 heterocycles. The summed E-state index contributed by atoms with van der Waals surface area (Å²) in [5.41, 5.74) is 0.0431. The summed E-state index contributed by atoms with van der Waals surface area (Å²) in [6, 6.07) is 0. The molecule has 0 spiro atoms. The third-order valence-corrected chi connectivity index (χ3v) is 4.43. The highest BCUT2D eigenvalue weighted by molar-refractivity contribution is 8.00. The van der Waals surface area contributed by atoms with Gasteiger partial charge in [0.2, 0.25) is 0 Å². The summed E-state index contributed by atoms with van der Waals surface area (Å²) in [4.78, 5) is 2.49. The molecule has 2 aliphatic heterocycles. The number of aliphatic hydroxyl groups is 1. The Morgan fingerprint density at radius 1 is 1.33 bits per heavy atom. The standard InChI is InChI=1S/C11H21NO2S/c1-9-3-12(4-10(2)15-9)5-11(6-13)7-14-8-11/h9-10,13H,3-8H2,1-2H3. The lowest BCUT2D eigenvalue weighted by molar-refractivity contribution is -0.148. The van der Waals surface area contributed by atoms with E-state index in [2.05, 4.69) is 30.5 Å². The van der Waals surface area contributed by atoms with Gasteiger partial charge in [-0.15, -0.1) is 0 Å². The lowest BCUT2D eigenvalue weighted by Crippen LogP contribution is -2.55. The van der Waals surface area contributed by atoms with Crippen LogP contribution in [0.3, 0.4) is 0 Å². The van der Waals surface area contributed by atoms with E-state index < -0.39 is 0 Å². The highest BCUT2D eigenvalue weighted by Gasteiger charge is 2.40. The van der Waals surface area contributed by atoms with Gasteiger partial charge in [0.15, 0.2) is 0 Å². The number of nitrogens with zero attached hydrogens (tertiary/aromatic N) is 1. The van der Waals surface area contributed by atoms with Gasteiger partial charge in [0.25, 0.3) is 0 Å². The van der Waals surface area contributed by atoms with Crippen molar-refractivity contribution < 1.29 is 9.84 Å². The number of aliphatic hydroxyl groups excluding tert-OH is 1. The predicted octanol–water partition coefficient (Wildman–Crippen LogP) is 0.821. The first-order valence-corrected chi connectivity index (χ1v) is 6.64. The Morgan fingerprint density at radius 2 is 1.93 bits per heavy atom. The molecule has 0 radical (unpaired) electrons. The van der Waals surface area contributed by atoms with Gasteiger partial charge in [0.1, 0.15) is 0 Å². The molecule has 1 N–H and O–H groups in total. The predicted molar refractivity (Wildman–Crippen MR) is 63.3 cm³/mol. The molecule has 0 aliphatic carbocycles. The van der Waals surface area contributed by atoms with Crippen molar-refractivity contribution in [3.63, 3.8) is 0 Å². The first-order valence-electron chi connectivity index (χ1n) is 5.70. The van der Waals surface area contributed by atoms with Crippen molar-refractivity contribution in [3.8, 4) is 0 Å². The molecule has 0 aromatic rings. The summed E-state index contributed by atoms with van der Waals surface area (Å²) >= 11 is 2.07. The van der Waals surface area contributed by atoms with Gasteiger partial charge < -0.3 is 14.7 Å². The number of hydrogen-bond donors (Lipinski definition) is 1. The average Bonchev–Trinajstić information content (AvgIpc) is 2.10. The molecule has 0 bridgehead atoms. The van der Waals surface area contributed by atoms with Crippen LogP contribution in [0.25, 0.3) is 0 Å². The van der Waals surface area contributed by atoms with E-state index in [9.17, 15) is 5.11 Å². The zero-order valence-electron chi connectivity index (χ0n) is 9.61. The van der Waals surface area contributed by atoms with E-state index in [1.54, 1.807) is 0 Å². The highest BCUT2D eigenvalue weighted by Crippen LogP contribution is 2.31. The summed E-state index contributed by atoms with van der Waals surface area (Å²) in [7, 11) is 0. The van der Waals surface area contributed by atoms with Crippen LogP contribution in [0.2, 0.25) is 0 Å². The summed E-state index contributed by atoms with van der Waals surface area (Å²) in [6.45, 7) is 9.60. The SMILES string of the molecule is CC1CN(CC2(CO)COC2)CC(C)S1. The minimum Gasteiger partial charge on any atom is -0.396 e. The number of hydrogen-bond acceptors (Lipinski definition) is 4. The van der Waals surface area contributed by atoms with Crippen LogP contribution in [0.4, 0.5) is 0 Å². The van der Waals surface area contributed by atoms with Crippen LogP contribution in [0, 0.1) is 5.41 Å². The van der Waals surface area contributed by atoms with Crippen LogP contribution in [-0.2, 0) is 4.74 Å². The zero-order chi connectivity index (χ0) is 10.9. The quantitative estimate of drug-likeness (QED) is 0.779. The summed E-state index contributed by atoms with van der Waals surface area (Å²) < 4.78 is 5.23. The minimum absolute atomic E-state index is 0.0431. The van der Waals surface area contributed by atoms with E-state index in [-0.39, 0.29) is 12.0 Å². The van der Waals surface area contributed by atoms with Gasteiger partial charge in [0, 0.05) is 30.1 Å². The Bertz CT molecular complexity index is 205. The maximum absolute atomic E-state index is 9.39. The molecule has 4 heteroatoms. The van der Waals surface area contributed by atoms with E-state index in [4.69, 9.17) is 4.74 Å². The van der Waals surface area contributed by atoms with Crippen molar-refractivity contribution in [2.75, 3.05) is 39.5 Å². The third kappa shape index (κ3) is 2.67. The van der Waals surface area contributed by atoms with Gasteiger partial charge in [0.05, 0.1) is 25.2 Å². The Kier molecular flexibility index (Phi) is 3.60. The van der Waals surface area contributed by atoms with E-state index >= 15 is 0 Å². The third-order valence-electron chi connectivity index (χ3n) is 3.21. The fourth-order valence-corrected chi connectivity index (χ4v) is 3.90. The molecule has 2 rings (SSSR count). The van der Waals surface area contributed by atoms with E-state index in [0.717, 1.165) is 32.8 Å². The number of thioether (sulfide) groups is 1. The van der Waals surface area contributed by atoms with Gasteiger partial charge in [-0.25, -0.2) is 0 Å². The molecule has 0 aromatic carbocycles. The fraction of sp³-hybridized carbons (Fsp3) is 1.00. The molecule has 0 saturated carbocycles. The van der Waals surface area contributed by atoms with Crippen molar-refractivity contribution >= 4 is 11.8 Å². The van der Waals surface area contributed by atoms with Crippen LogP contribution in [-0.4, -0.2) is 60.0 Å². The van der Waals surface area contributed by atoms with E-state index in [0.29, 0.717) is 10.5 Å². The lowest BCUT2D eigenvalue weighted by atomic mass is 9.86. The van der Waals surface area contributed by atoms with Crippen LogP contribution in [0.5, 0.6) is 0 Å². The van der Waals surface area contributed by atoms with Crippen molar-refractivity contribution in [3.05, 3.63) is 0 Å². The summed E-state index contributed by atoms with van der Waals surface area (Å²) in [5.74, 6) is 0. The van der Waals surface area contributed by atoms with Crippen molar-refractivity contribution in [1.29, 1.82) is 0 Å². The fourth-order valence-electron chi connectivity index (χ4n) is 2.51. The normalized spacial score (nSPS) is 36.2. The molecule has 2 unspecified atom stereocenters. The zero-order valence-corrected chi connectivity index (χ0v) is 10.4. The minimum atomic E-state index is 0.0431. The molecular weight excluding hydrogens is 210 g/mol. The van der Waals surface area contributed by atoms with Crippen LogP contribution >= 0.6 is 11.8 Å². The van der Waals surface area contributed by atoms with Crippen LogP contribution in [0.15, 0.2) is 0 Å². The molecule has 2 saturated heterocycles. The topological polar surface area (TPSA) is 32.7 Å². The van der Waals surface area contributed by atoms with Gasteiger partial charge in [-0.05, 0) is 0 Å². The van der Waals surface area contributed by atoms with Crippen molar-refractivity contribution in [2.24, 2.45) is 5.41 Å². The second kappa shape index (κ2) is 4.62. The first-order chi connectivity index (χ1) is 7.13. The molecule has 2 aliphatic rings. The second-order valence-electron chi connectivity index (χ2n) is 5.10. The number of ether oxygens (including phenoxy) is 1. The monoisotopic (exact) mass is 231 g/mol. The Hall–Kier alpha value is 0.230.